The van der Waals surface area contributed by atoms with Gasteiger partial charge in [-0.05, 0) is 25.1 Å². The van der Waals surface area contributed by atoms with Crippen molar-refractivity contribution in [2.75, 3.05) is 0 Å². The number of alkyl halides is 2. The molecular formula is C11H10F2O2. The van der Waals surface area contributed by atoms with Gasteiger partial charge in [-0.15, -0.1) is 0 Å². The van der Waals surface area contributed by atoms with E-state index in [-0.39, 0.29) is 11.5 Å². The number of ketones is 1. The minimum Gasteiger partial charge on any atom is -0.434 e. The van der Waals surface area contributed by atoms with Gasteiger partial charge in [0.2, 0.25) is 0 Å². The Hall–Kier alpha value is -1.71. The Bertz CT molecular complexity index is 373. The Balaban J connectivity index is 2.91. The molecule has 0 aromatic heterocycles. The summed E-state index contributed by atoms with van der Waals surface area (Å²) in [5.41, 5.74) is 0.452. The molecule has 0 saturated heterocycles. The fourth-order valence-electron chi connectivity index (χ4n) is 1.03. The molecule has 15 heavy (non-hydrogen) atoms. The van der Waals surface area contributed by atoms with E-state index in [1.165, 1.54) is 25.1 Å². The normalized spacial score (nSPS) is 10.9. The van der Waals surface area contributed by atoms with Crippen LogP contribution >= 0.6 is 0 Å². The molecule has 0 fully saturated rings. The zero-order valence-electron chi connectivity index (χ0n) is 8.11. The Labute approximate surface area is 86.2 Å². The first kappa shape index (κ1) is 11.4. The second-order valence-corrected chi connectivity index (χ2v) is 2.86. The average Bonchev–Trinajstić information content (AvgIpc) is 2.15. The van der Waals surface area contributed by atoms with Crippen LogP contribution in [0.25, 0.3) is 6.08 Å². The van der Waals surface area contributed by atoms with E-state index >= 15 is 0 Å². The maximum Gasteiger partial charge on any atom is 0.387 e. The predicted molar refractivity (Wildman–Crippen MR) is 52.8 cm³/mol. The summed E-state index contributed by atoms with van der Waals surface area (Å²) in [7, 11) is 0. The van der Waals surface area contributed by atoms with E-state index in [9.17, 15) is 13.6 Å². The molecule has 0 amide bonds. The number of carbonyl (C=O) groups excluding carboxylic acids is 1. The molecule has 0 bridgehead atoms. The topological polar surface area (TPSA) is 26.3 Å². The molecule has 0 saturated carbocycles. The average molecular weight is 212 g/mol. The lowest BCUT2D eigenvalue weighted by Crippen LogP contribution is -2.02. The van der Waals surface area contributed by atoms with Crippen LogP contribution in [0.1, 0.15) is 12.5 Å². The summed E-state index contributed by atoms with van der Waals surface area (Å²) in [5, 5.41) is 0. The van der Waals surface area contributed by atoms with Crippen molar-refractivity contribution in [1.29, 1.82) is 0 Å². The fourth-order valence-corrected chi connectivity index (χ4v) is 1.03. The highest BCUT2D eigenvalue weighted by Crippen LogP contribution is 2.21. The first-order chi connectivity index (χ1) is 7.09. The molecule has 0 unspecified atom stereocenters. The molecular weight excluding hydrogens is 202 g/mol. The Morgan fingerprint density at radius 1 is 1.40 bits per heavy atom. The molecule has 1 rings (SSSR count). The third-order valence-corrected chi connectivity index (χ3v) is 1.63. The van der Waals surface area contributed by atoms with Crippen molar-refractivity contribution in [3.8, 4) is 5.75 Å². The van der Waals surface area contributed by atoms with E-state index in [1.54, 1.807) is 18.2 Å². The van der Waals surface area contributed by atoms with Gasteiger partial charge < -0.3 is 4.74 Å². The van der Waals surface area contributed by atoms with Crippen molar-refractivity contribution in [2.24, 2.45) is 0 Å². The summed E-state index contributed by atoms with van der Waals surface area (Å²) in [4.78, 5) is 10.7. The highest BCUT2D eigenvalue weighted by molar-refractivity contribution is 5.91. The fraction of sp³-hybridized carbons (Fsp3) is 0.182. The van der Waals surface area contributed by atoms with Crippen LogP contribution in [0.4, 0.5) is 8.78 Å². The minimum absolute atomic E-state index is 0.0602. The first-order valence-electron chi connectivity index (χ1n) is 4.32. The maximum absolute atomic E-state index is 12.0. The van der Waals surface area contributed by atoms with Gasteiger partial charge in [0.05, 0.1) is 0 Å². The molecule has 80 valence electrons. The molecule has 0 aliphatic carbocycles. The number of benzene rings is 1. The highest BCUT2D eigenvalue weighted by atomic mass is 19.3. The number of para-hydroxylation sites is 1. The zero-order valence-corrected chi connectivity index (χ0v) is 8.11. The van der Waals surface area contributed by atoms with Gasteiger partial charge >= 0.3 is 6.61 Å². The van der Waals surface area contributed by atoms with E-state index in [0.717, 1.165) is 0 Å². The molecule has 0 heterocycles. The van der Waals surface area contributed by atoms with Gasteiger partial charge in [0, 0.05) is 5.56 Å². The lowest BCUT2D eigenvalue weighted by Gasteiger charge is -2.06. The number of ether oxygens (including phenoxy) is 1. The molecule has 1 aromatic carbocycles. The number of rotatable bonds is 4. The molecule has 0 spiro atoms. The minimum atomic E-state index is -2.86. The summed E-state index contributed by atoms with van der Waals surface area (Å²) in [5.74, 6) is -0.0909. The van der Waals surface area contributed by atoms with Crippen LogP contribution in [0, 0.1) is 0 Å². The van der Waals surface area contributed by atoms with Gasteiger partial charge in [-0.1, -0.05) is 18.2 Å². The van der Waals surface area contributed by atoms with E-state index in [4.69, 9.17) is 0 Å². The van der Waals surface area contributed by atoms with Gasteiger partial charge in [-0.3, -0.25) is 4.79 Å². The maximum atomic E-state index is 12.0. The molecule has 2 nitrogen and oxygen atoms in total. The van der Waals surface area contributed by atoms with Crippen molar-refractivity contribution < 1.29 is 18.3 Å². The number of allylic oxidation sites excluding steroid dienone is 1. The van der Waals surface area contributed by atoms with Gasteiger partial charge in [0.15, 0.2) is 5.78 Å². The second-order valence-electron chi connectivity index (χ2n) is 2.86. The van der Waals surface area contributed by atoms with Crippen LogP contribution in [-0.2, 0) is 4.79 Å². The molecule has 0 aliphatic heterocycles. The molecule has 1 aromatic rings. The largest absolute Gasteiger partial charge is 0.434 e. The van der Waals surface area contributed by atoms with E-state index < -0.39 is 6.61 Å². The Morgan fingerprint density at radius 3 is 2.67 bits per heavy atom. The van der Waals surface area contributed by atoms with Gasteiger partial charge in [-0.2, -0.15) is 8.78 Å². The molecule has 4 heteroatoms. The van der Waals surface area contributed by atoms with Crippen LogP contribution in [-0.4, -0.2) is 12.4 Å². The van der Waals surface area contributed by atoms with Crippen LogP contribution in [0.3, 0.4) is 0 Å². The first-order valence-corrected chi connectivity index (χ1v) is 4.32. The smallest absolute Gasteiger partial charge is 0.387 e. The van der Waals surface area contributed by atoms with Crippen molar-refractivity contribution in [3.63, 3.8) is 0 Å². The zero-order chi connectivity index (χ0) is 11.3. The number of carbonyl (C=O) groups is 1. The molecule has 0 radical (unpaired) electrons. The lowest BCUT2D eigenvalue weighted by molar-refractivity contribution is -0.112. The number of hydrogen-bond donors (Lipinski definition) is 0. The van der Waals surface area contributed by atoms with Gasteiger partial charge in [-0.25, -0.2) is 0 Å². The van der Waals surface area contributed by atoms with Crippen molar-refractivity contribution in [3.05, 3.63) is 35.9 Å². The summed E-state index contributed by atoms with van der Waals surface area (Å²) in [6.45, 7) is -1.48. The highest BCUT2D eigenvalue weighted by Gasteiger charge is 2.06. The monoisotopic (exact) mass is 212 g/mol. The van der Waals surface area contributed by atoms with Crippen LogP contribution in [0.15, 0.2) is 30.3 Å². The van der Waals surface area contributed by atoms with Crippen LogP contribution < -0.4 is 4.74 Å². The van der Waals surface area contributed by atoms with Gasteiger partial charge in [0.1, 0.15) is 5.75 Å². The quantitative estimate of drug-likeness (QED) is 0.717. The second kappa shape index (κ2) is 5.24. The van der Waals surface area contributed by atoms with Crippen LogP contribution in [0.2, 0.25) is 0 Å². The SMILES string of the molecule is CC(=O)C=Cc1ccccc1OC(F)F. The number of hydrogen-bond acceptors (Lipinski definition) is 2. The summed E-state index contributed by atoms with van der Waals surface area (Å²) in [6.07, 6.45) is 2.74. The Kier molecular flexibility index (Phi) is 3.97. The van der Waals surface area contributed by atoms with Gasteiger partial charge in [0.25, 0.3) is 0 Å². The molecule has 0 N–H and O–H groups in total. The van der Waals surface area contributed by atoms with Crippen molar-refractivity contribution in [1.82, 2.24) is 0 Å². The van der Waals surface area contributed by atoms with Crippen molar-refractivity contribution >= 4 is 11.9 Å². The molecule has 0 atom stereocenters. The summed E-state index contributed by atoms with van der Waals surface area (Å²) < 4.78 is 28.3. The lowest BCUT2D eigenvalue weighted by atomic mass is 10.2. The summed E-state index contributed by atoms with van der Waals surface area (Å²) in [6, 6.07) is 6.28. The van der Waals surface area contributed by atoms with E-state index in [0.29, 0.717) is 5.56 Å². The third kappa shape index (κ3) is 3.89. The van der Waals surface area contributed by atoms with E-state index in [1.807, 2.05) is 0 Å². The Morgan fingerprint density at radius 2 is 2.07 bits per heavy atom. The third-order valence-electron chi connectivity index (χ3n) is 1.63. The summed E-state index contributed by atoms with van der Waals surface area (Å²) >= 11 is 0. The van der Waals surface area contributed by atoms with E-state index in [2.05, 4.69) is 4.74 Å². The predicted octanol–water partition coefficient (Wildman–Crippen LogP) is 2.89. The number of halogens is 2. The van der Waals surface area contributed by atoms with Crippen molar-refractivity contribution in [2.45, 2.75) is 13.5 Å². The molecule has 0 aliphatic rings. The van der Waals surface area contributed by atoms with Crippen LogP contribution in [0.5, 0.6) is 5.75 Å². The standard InChI is InChI=1S/C11H10F2O2/c1-8(14)6-7-9-4-2-3-5-10(9)15-11(12)13/h2-7,11H,1H3.